The first kappa shape index (κ1) is 32.0. The fourth-order valence-electron chi connectivity index (χ4n) is 4.23. The summed E-state index contributed by atoms with van der Waals surface area (Å²) in [6.45, 7) is 3.80. The number of halogens is 6. The number of aromatic nitrogens is 1. The molecular weight excluding hydrogens is 595 g/mol. The second-order valence-corrected chi connectivity index (χ2v) is 11.2. The van der Waals surface area contributed by atoms with Crippen LogP contribution in [-0.4, -0.2) is 61.7 Å². The quantitative estimate of drug-likeness (QED) is 0.257. The van der Waals surface area contributed by atoms with Crippen molar-refractivity contribution in [3.05, 3.63) is 83.0 Å². The third-order valence-corrected chi connectivity index (χ3v) is 8.11. The minimum atomic E-state index is -5.08. The number of benzene rings is 2. The first-order valence-corrected chi connectivity index (χ1v) is 13.9. The van der Waals surface area contributed by atoms with E-state index in [0.717, 1.165) is 37.7 Å². The number of anilines is 2. The maximum atomic E-state index is 15.0. The van der Waals surface area contributed by atoms with Crippen LogP contribution in [-0.2, 0) is 14.8 Å². The molecule has 2 N–H and O–H groups in total. The molecule has 0 radical (unpaired) electrons. The van der Waals surface area contributed by atoms with Crippen LogP contribution >= 0.6 is 11.6 Å². The van der Waals surface area contributed by atoms with Gasteiger partial charge in [-0.05, 0) is 37.1 Å². The molecule has 3 aromatic rings. The highest BCUT2D eigenvalue weighted by molar-refractivity contribution is 7.92. The Kier molecular flexibility index (Phi) is 10.2. The molecule has 41 heavy (non-hydrogen) atoms. The monoisotopic (exact) mass is 620 g/mol. The van der Waals surface area contributed by atoms with Gasteiger partial charge in [-0.3, -0.25) is 9.62 Å². The van der Waals surface area contributed by atoms with Crippen molar-refractivity contribution >= 4 is 39.1 Å². The summed E-state index contributed by atoms with van der Waals surface area (Å²) in [4.78, 5) is 16.0. The van der Waals surface area contributed by atoms with E-state index >= 15 is 0 Å². The SMILES string of the molecule is C[C@@H](c1ccccc1)N1CCC(N(C)c2cc(F)c(S(=O)(=O)Nc3cccc(F)n3)cc2Cl)C1.O=C(O)C(F)(F)F. The van der Waals surface area contributed by atoms with Gasteiger partial charge in [-0.25, -0.2) is 22.6 Å². The fraction of sp³-hybridized carbons (Fsp3) is 0.308. The van der Waals surface area contributed by atoms with Crippen LogP contribution in [0.4, 0.5) is 33.5 Å². The van der Waals surface area contributed by atoms with Gasteiger partial charge in [0.15, 0.2) is 0 Å². The number of sulfonamides is 1. The highest BCUT2D eigenvalue weighted by atomic mass is 35.5. The summed E-state index contributed by atoms with van der Waals surface area (Å²) >= 11 is 6.41. The van der Waals surface area contributed by atoms with E-state index in [1.165, 1.54) is 17.7 Å². The Labute approximate surface area is 238 Å². The van der Waals surface area contributed by atoms with Gasteiger partial charge in [0.1, 0.15) is 16.5 Å². The van der Waals surface area contributed by atoms with Crippen LogP contribution in [0.1, 0.15) is 24.9 Å². The van der Waals surface area contributed by atoms with Crippen molar-refractivity contribution in [2.45, 2.75) is 36.5 Å². The Morgan fingerprint density at radius 2 is 1.78 bits per heavy atom. The molecule has 2 aromatic carbocycles. The van der Waals surface area contributed by atoms with E-state index in [0.29, 0.717) is 5.69 Å². The molecule has 2 heterocycles. The second-order valence-electron chi connectivity index (χ2n) is 9.12. The van der Waals surface area contributed by atoms with Gasteiger partial charge in [-0.1, -0.05) is 48.0 Å². The Morgan fingerprint density at radius 3 is 2.37 bits per heavy atom. The van der Waals surface area contributed by atoms with Crippen molar-refractivity contribution in [2.24, 2.45) is 0 Å². The zero-order valence-corrected chi connectivity index (χ0v) is 23.3. The van der Waals surface area contributed by atoms with Gasteiger partial charge >= 0.3 is 12.1 Å². The normalized spacial score (nSPS) is 16.4. The summed E-state index contributed by atoms with van der Waals surface area (Å²) in [5.74, 6) is -4.83. The van der Waals surface area contributed by atoms with Gasteiger partial charge in [0.2, 0.25) is 5.95 Å². The summed E-state index contributed by atoms with van der Waals surface area (Å²) in [6, 6.07) is 16.4. The lowest BCUT2D eigenvalue weighted by Crippen LogP contribution is -2.35. The molecule has 0 saturated carbocycles. The standard InChI is InChI=1S/C24H25ClF2N4O2S.C2HF3O2/c1-16(17-7-4-3-5-8-17)31-12-11-18(15-31)30(2)21-14-20(26)22(13-19(21)25)34(32,33)29-24-10-6-9-23(27)28-24;3-2(4,5)1(6)7/h3-10,13-14,16,18H,11-12,15H2,1-2H3,(H,28,29);(H,6,7)/t16-,18?;/m0./s1. The van der Waals surface area contributed by atoms with Crippen molar-refractivity contribution in [3.8, 4) is 0 Å². The minimum Gasteiger partial charge on any atom is -0.475 e. The number of aliphatic carboxylic acids is 1. The van der Waals surface area contributed by atoms with Crippen molar-refractivity contribution in [3.63, 3.8) is 0 Å². The van der Waals surface area contributed by atoms with Crippen LogP contribution in [0.3, 0.4) is 0 Å². The number of likely N-dealkylation sites (N-methyl/N-ethyl adjacent to an activating group) is 1. The lowest BCUT2D eigenvalue weighted by molar-refractivity contribution is -0.192. The van der Waals surface area contributed by atoms with Crippen LogP contribution in [0, 0.1) is 11.8 Å². The first-order valence-electron chi connectivity index (χ1n) is 12.1. The van der Waals surface area contributed by atoms with E-state index in [2.05, 4.69) is 33.7 Å². The zero-order valence-electron chi connectivity index (χ0n) is 21.7. The molecule has 1 aliphatic rings. The number of carbonyl (C=O) groups is 1. The van der Waals surface area contributed by atoms with E-state index < -0.39 is 38.8 Å². The van der Waals surface area contributed by atoms with Gasteiger partial charge < -0.3 is 10.0 Å². The van der Waals surface area contributed by atoms with Crippen molar-refractivity contribution in [2.75, 3.05) is 29.8 Å². The molecule has 1 unspecified atom stereocenters. The van der Waals surface area contributed by atoms with Gasteiger partial charge in [0, 0.05) is 38.3 Å². The summed E-state index contributed by atoms with van der Waals surface area (Å²) in [6.07, 6.45) is -4.22. The van der Waals surface area contributed by atoms with Crippen molar-refractivity contribution in [1.29, 1.82) is 0 Å². The van der Waals surface area contributed by atoms with Gasteiger partial charge in [0.25, 0.3) is 10.0 Å². The molecule has 0 spiro atoms. The lowest BCUT2D eigenvalue weighted by atomic mass is 10.1. The van der Waals surface area contributed by atoms with E-state index in [1.807, 2.05) is 30.1 Å². The average Bonchev–Trinajstić information content (AvgIpc) is 3.39. The van der Waals surface area contributed by atoms with Crippen LogP contribution in [0.25, 0.3) is 0 Å². The Morgan fingerprint density at radius 1 is 1.15 bits per heavy atom. The van der Waals surface area contributed by atoms with Gasteiger partial charge in [-0.2, -0.15) is 17.6 Å². The molecule has 222 valence electrons. The number of likely N-dealkylation sites (tertiary alicyclic amines) is 1. The summed E-state index contributed by atoms with van der Waals surface area (Å²) in [7, 11) is -2.54. The Bertz CT molecular complexity index is 1480. The molecule has 0 aliphatic carbocycles. The maximum Gasteiger partial charge on any atom is 0.490 e. The van der Waals surface area contributed by atoms with Crippen LogP contribution in [0.15, 0.2) is 65.6 Å². The number of nitrogens with zero attached hydrogens (tertiary/aromatic N) is 3. The minimum absolute atomic E-state index is 0.0835. The van der Waals surface area contributed by atoms with E-state index in [4.69, 9.17) is 21.5 Å². The number of carboxylic acid groups (broad SMARTS) is 1. The summed E-state index contributed by atoms with van der Waals surface area (Å²) < 4.78 is 87.5. The molecule has 15 heteroatoms. The highest BCUT2D eigenvalue weighted by Gasteiger charge is 2.38. The zero-order chi connectivity index (χ0) is 30.5. The highest BCUT2D eigenvalue weighted by Crippen LogP contribution is 2.35. The number of alkyl halides is 3. The lowest BCUT2D eigenvalue weighted by Gasteiger charge is -2.30. The fourth-order valence-corrected chi connectivity index (χ4v) is 5.68. The number of rotatable bonds is 7. The molecule has 4 rings (SSSR count). The first-order chi connectivity index (χ1) is 19.1. The number of nitrogens with one attached hydrogen (secondary N) is 1. The summed E-state index contributed by atoms with van der Waals surface area (Å²) in [5, 5.41) is 7.23. The number of carboxylic acids is 1. The largest absolute Gasteiger partial charge is 0.490 e. The Hall–Kier alpha value is -3.49. The second kappa shape index (κ2) is 13.0. The molecule has 1 aliphatic heterocycles. The number of hydrogen-bond donors (Lipinski definition) is 2. The molecular formula is C26H26ClF5N4O4S. The molecule has 8 nitrogen and oxygen atoms in total. The van der Waals surface area contributed by atoms with E-state index in [9.17, 15) is 30.4 Å². The van der Waals surface area contributed by atoms with Crippen LogP contribution < -0.4 is 9.62 Å². The van der Waals surface area contributed by atoms with Gasteiger partial charge in [-0.15, -0.1) is 0 Å². The molecule has 2 atom stereocenters. The van der Waals surface area contributed by atoms with Crippen LogP contribution in [0.2, 0.25) is 5.02 Å². The number of pyridine rings is 1. The van der Waals surface area contributed by atoms with Crippen molar-refractivity contribution in [1.82, 2.24) is 9.88 Å². The van der Waals surface area contributed by atoms with E-state index in [-0.39, 0.29) is 22.9 Å². The average molecular weight is 621 g/mol. The van der Waals surface area contributed by atoms with Gasteiger partial charge in [0.05, 0.1) is 10.7 Å². The summed E-state index contributed by atoms with van der Waals surface area (Å²) in [5.41, 5.74) is 1.63. The third kappa shape index (κ3) is 8.27. The molecule has 1 saturated heterocycles. The number of hydrogen-bond acceptors (Lipinski definition) is 6. The molecule has 0 bridgehead atoms. The van der Waals surface area contributed by atoms with Crippen LogP contribution in [0.5, 0.6) is 0 Å². The molecule has 0 amide bonds. The van der Waals surface area contributed by atoms with E-state index in [1.54, 1.807) is 0 Å². The molecule has 1 fully saturated rings. The molecule has 1 aromatic heterocycles. The predicted molar refractivity (Wildman–Crippen MR) is 143 cm³/mol. The Balaban J connectivity index is 0.000000587. The van der Waals surface area contributed by atoms with Crippen molar-refractivity contribution < 1.29 is 40.3 Å². The third-order valence-electron chi connectivity index (χ3n) is 6.44. The smallest absolute Gasteiger partial charge is 0.475 e. The maximum absolute atomic E-state index is 15.0. The topological polar surface area (TPSA) is 103 Å². The predicted octanol–water partition coefficient (Wildman–Crippen LogP) is 5.72.